The molecule has 1 heterocycles. The molecule has 110 valence electrons. The Kier molecular flexibility index (Phi) is 5.40. The standard InChI is InChI=1S/C16H19N3O2/c1-2-18(12-14-8-10-17-11-9-14)16(13-19(20)21)15-6-4-3-5-7-15/h3-11,16H,2,12-13H2,1H3. The zero-order valence-electron chi connectivity index (χ0n) is 12.1. The van der Waals surface area contributed by atoms with Crippen LogP contribution in [0.4, 0.5) is 0 Å². The second-order valence-electron chi connectivity index (χ2n) is 4.86. The third-order valence-electron chi connectivity index (χ3n) is 3.49. The van der Waals surface area contributed by atoms with E-state index >= 15 is 0 Å². The molecule has 5 heteroatoms. The Labute approximate surface area is 124 Å². The largest absolute Gasteiger partial charge is 0.287 e. The van der Waals surface area contributed by atoms with E-state index in [4.69, 9.17) is 0 Å². The molecule has 0 radical (unpaired) electrons. The molecule has 1 unspecified atom stereocenters. The molecule has 2 aromatic rings. The smallest absolute Gasteiger partial charge is 0.223 e. The van der Waals surface area contributed by atoms with Gasteiger partial charge < -0.3 is 0 Å². The molecule has 2 rings (SSSR count). The fourth-order valence-corrected chi connectivity index (χ4v) is 2.41. The number of nitrogens with zero attached hydrogens (tertiary/aromatic N) is 3. The highest BCUT2D eigenvalue weighted by Gasteiger charge is 2.24. The van der Waals surface area contributed by atoms with Crippen molar-refractivity contribution < 1.29 is 4.92 Å². The lowest BCUT2D eigenvalue weighted by Crippen LogP contribution is -2.33. The molecule has 1 atom stereocenters. The van der Waals surface area contributed by atoms with Crippen LogP contribution in [0.2, 0.25) is 0 Å². The molecule has 0 spiro atoms. The first-order chi connectivity index (χ1) is 10.2. The highest BCUT2D eigenvalue weighted by Crippen LogP contribution is 2.22. The summed E-state index contributed by atoms with van der Waals surface area (Å²) in [5, 5.41) is 11.0. The summed E-state index contributed by atoms with van der Waals surface area (Å²) in [5.74, 6) is 0. The molecule has 0 saturated heterocycles. The summed E-state index contributed by atoms with van der Waals surface area (Å²) >= 11 is 0. The van der Waals surface area contributed by atoms with Crippen molar-refractivity contribution in [2.75, 3.05) is 13.1 Å². The van der Waals surface area contributed by atoms with Crippen molar-refractivity contribution in [2.45, 2.75) is 19.5 Å². The molecule has 0 aliphatic rings. The van der Waals surface area contributed by atoms with Gasteiger partial charge in [0.15, 0.2) is 0 Å². The van der Waals surface area contributed by atoms with E-state index in [9.17, 15) is 10.1 Å². The van der Waals surface area contributed by atoms with Gasteiger partial charge in [-0.25, -0.2) is 0 Å². The van der Waals surface area contributed by atoms with E-state index in [1.807, 2.05) is 49.4 Å². The van der Waals surface area contributed by atoms with Crippen molar-refractivity contribution in [1.29, 1.82) is 0 Å². The van der Waals surface area contributed by atoms with Crippen LogP contribution in [0.1, 0.15) is 24.1 Å². The summed E-state index contributed by atoms with van der Waals surface area (Å²) in [4.78, 5) is 16.9. The van der Waals surface area contributed by atoms with Gasteiger partial charge >= 0.3 is 0 Å². The molecule has 0 aliphatic carbocycles. The molecular formula is C16H19N3O2. The van der Waals surface area contributed by atoms with Gasteiger partial charge in [-0.1, -0.05) is 37.3 Å². The molecule has 0 aliphatic heterocycles. The third kappa shape index (κ3) is 4.36. The molecular weight excluding hydrogens is 266 g/mol. The summed E-state index contributed by atoms with van der Waals surface area (Å²) < 4.78 is 0. The minimum Gasteiger partial charge on any atom is -0.287 e. The van der Waals surface area contributed by atoms with E-state index in [1.165, 1.54) is 0 Å². The van der Waals surface area contributed by atoms with Gasteiger partial charge in [0.25, 0.3) is 0 Å². The number of aromatic nitrogens is 1. The normalized spacial score (nSPS) is 12.3. The zero-order valence-corrected chi connectivity index (χ0v) is 12.1. The van der Waals surface area contributed by atoms with Crippen molar-refractivity contribution in [1.82, 2.24) is 9.88 Å². The quantitative estimate of drug-likeness (QED) is 0.579. The zero-order chi connectivity index (χ0) is 15.1. The van der Waals surface area contributed by atoms with Gasteiger partial charge in [-0.2, -0.15) is 0 Å². The Morgan fingerprint density at radius 1 is 1.19 bits per heavy atom. The third-order valence-corrected chi connectivity index (χ3v) is 3.49. The number of nitro groups is 1. The number of pyridine rings is 1. The SMILES string of the molecule is CCN(Cc1ccncc1)C(C[N+](=O)[O-])c1ccccc1. The monoisotopic (exact) mass is 285 g/mol. The van der Waals surface area contributed by atoms with Crippen molar-refractivity contribution in [2.24, 2.45) is 0 Å². The molecule has 0 bridgehead atoms. The predicted octanol–water partition coefficient (Wildman–Crippen LogP) is 2.92. The lowest BCUT2D eigenvalue weighted by atomic mass is 10.0. The summed E-state index contributed by atoms with van der Waals surface area (Å²) in [5.41, 5.74) is 2.08. The Morgan fingerprint density at radius 3 is 2.43 bits per heavy atom. The van der Waals surface area contributed by atoms with Gasteiger partial charge in [0, 0.05) is 23.9 Å². The summed E-state index contributed by atoms with van der Waals surface area (Å²) in [7, 11) is 0. The first-order valence-electron chi connectivity index (χ1n) is 7.00. The molecule has 0 amide bonds. The number of hydrogen-bond acceptors (Lipinski definition) is 4. The Morgan fingerprint density at radius 2 is 1.86 bits per heavy atom. The van der Waals surface area contributed by atoms with Crippen molar-refractivity contribution in [3.8, 4) is 0 Å². The summed E-state index contributed by atoms with van der Waals surface area (Å²) in [6, 6.07) is 13.3. The maximum absolute atomic E-state index is 11.0. The van der Waals surface area contributed by atoms with E-state index in [1.54, 1.807) is 12.4 Å². The van der Waals surface area contributed by atoms with Gasteiger partial charge in [0.05, 0.1) is 0 Å². The highest BCUT2D eigenvalue weighted by atomic mass is 16.6. The van der Waals surface area contributed by atoms with Crippen LogP contribution in [-0.4, -0.2) is 27.9 Å². The number of benzene rings is 1. The summed E-state index contributed by atoms with van der Waals surface area (Å²) in [6.45, 7) is 3.35. The highest BCUT2D eigenvalue weighted by molar-refractivity contribution is 5.20. The lowest BCUT2D eigenvalue weighted by molar-refractivity contribution is -0.488. The number of likely N-dealkylation sites (N-methyl/N-ethyl adjacent to an activating group) is 1. The molecule has 1 aromatic carbocycles. The first-order valence-corrected chi connectivity index (χ1v) is 7.00. The van der Waals surface area contributed by atoms with Crippen molar-refractivity contribution in [3.05, 3.63) is 76.1 Å². The second kappa shape index (κ2) is 7.50. The van der Waals surface area contributed by atoms with Crippen LogP contribution in [0, 0.1) is 10.1 Å². The van der Waals surface area contributed by atoms with Crippen LogP contribution in [0.25, 0.3) is 0 Å². The molecule has 21 heavy (non-hydrogen) atoms. The Balaban J connectivity index is 2.23. The Hall–Kier alpha value is -2.27. The fraction of sp³-hybridized carbons (Fsp3) is 0.312. The van der Waals surface area contributed by atoms with Crippen LogP contribution in [0.15, 0.2) is 54.9 Å². The number of rotatable bonds is 7. The van der Waals surface area contributed by atoms with Gasteiger partial charge in [0.2, 0.25) is 6.54 Å². The minimum atomic E-state index is -0.243. The Bertz CT molecular complexity index is 560. The van der Waals surface area contributed by atoms with Gasteiger partial charge in [0.1, 0.15) is 6.04 Å². The molecule has 1 aromatic heterocycles. The maximum atomic E-state index is 11.0. The average molecular weight is 285 g/mol. The first kappa shape index (κ1) is 15.1. The van der Waals surface area contributed by atoms with E-state index < -0.39 is 0 Å². The predicted molar refractivity (Wildman–Crippen MR) is 81.4 cm³/mol. The molecule has 5 nitrogen and oxygen atoms in total. The van der Waals surface area contributed by atoms with Crippen LogP contribution in [0.3, 0.4) is 0 Å². The average Bonchev–Trinajstić information content (AvgIpc) is 2.52. The maximum Gasteiger partial charge on any atom is 0.223 e. The molecule has 0 saturated carbocycles. The molecule has 0 fully saturated rings. The van der Waals surface area contributed by atoms with E-state index in [0.29, 0.717) is 6.54 Å². The van der Waals surface area contributed by atoms with E-state index in [0.717, 1.165) is 17.7 Å². The van der Waals surface area contributed by atoms with Crippen LogP contribution in [0.5, 0.6) is 0 Å². The topological polar surface area (TPSA) is 59.3 Å². The van der Waals surface area contributed by atoms with Gasteiger partial charge in [-0.05, 0) is 29.8 Å². The molecule has 0 N–H and O–H groups in total. The minimum absolute atomic E-state index is 0.0943. The van der Waals surface area contributed by atoms with Gasteiger partial charge in [-0.15, -0.1) is 0 Å². The van der Waals surface area contributed by atoms with Gasteiger partial charge in [-0.3, -0.25) is 20.0 Å². The van der Waals surface area contributed by atoms with Crippen molar-refractivity contribution >= 4 is 0 Å². The van der Waals surface area contributed by atoms with Crippen LogP contribution < -0.4 is 0 Å². The van der Waals surface area contributed by atoms with E-state index in [-0.39, 0.29) is 17.5 Å². The van der Waals surface area contributed by atoms with E-state index in [2.05, 4.69) is 9.88 Å². The van der Waals surface area contributed by atoms with Crippen LogP contribution >= 0.6 is 0 Å². The van der Waals surface area contributed by atoms with Crippen LogP contribution in [-0.2, 0) is 6.54 Å². The fourth-order valence-electron chi connectivity index (χ4n) is 2.41. The number of hydrogen-bond donors (Lipinski definition) is 0. The van der Waals surface area contributed by atoms with Crippen molar-refractivity contribution in [3.63, 3.8) is 0 Å². The summed E-state index contributed by atoms with van der Waals surface area (Å²) in [6.07, 6.45) is 3.49. The lowest BCUT2D eigenvalue weighted by Gasteiger charge is -2.28. The second-order valence-corrected chi connectivity index (χ2v) is 4.86.